The molecule has 1 aromatic carbocycles. The summed E-state index contributed by atoms with van der Waals surface area (Å²) in [5, 5.41) is 6.96. The Balaban J connectivity index is 2.12. The summed E-state index contributed by atoms with van der Waals surface area (Å²) < 4.78 is 6.11. The van der Waals surface area contributed by atoms with Gasteiger partial charge < -0.3 is 20.3 Å². The van der Waals surface area contributed by atoms with Gasteiger partial charge in [0, 0.05) is 25.1 Å². The van der Waals surface area contributed by atoms with Crippen LogP contribution in [0.25, 0.3) is 0 Å². The van der Waals surface area contributed by atoms with Gasteiger partial charge in [-0.05, 0) is 40.4 Å². The van der Waals surface area contributed by atoms with Gasteiger partial charge in [0.1, 0.15) is 11.4 Å². The Bertz CT molecular complexity index is 556. The van der Waals surface area contributed by atoms with Crippen LogP contribution >= 0.6 is 0 Å². The standard InChI is InChI=1S/C19H32N4O/c1-6-20-18(21-12-13-23(5)7-2)22-16-14-19(3,4)24-17-11-9-8-10-15(16)17/h8-11,16H,6-7,12-14H2,1-5H3,(H2,20,21,22). The number of para-hydroxylation sites is 1. The largest absolute Gasteiger partial charge is 0.487 e. The van der Waals surface area contributed by atoms with E-state index < -0.39 is 0 Å². The van der Waals surface area contributed by atoms with Crippen molar-refractivity contribution >= 4 is 5.96 Å². The van der Waals surface area contributed by atoms with Gasteiger partial charge in [-0.15, -0.1) is 0 Å². The fourth-order valence-electron chi connectivity index (χ4n) is 2.91. The number of nitrogens with one attached hydrogen (secondary N) is 2. The summed E-state index contributed by atoms with van der Waals surface area (Å²) in [6, 6.07) is 8.47. The van der Waals surface area contributed by atoms with Crippen molar-refractivity contribution in [2.45, 2.75) is 45.8 Å². The smallest absolute Gasteiger partial charge is 0.191 e. The van der Waals surface area contributed by atoms with E-state index in [0.717, 1.165) is 44.3 Å². The summed E-state index contributed by atoms with van der Waals surface area (Å²) in [5.41, 5.74) is 1.01. The van der Waals surface area contributed by atoms with Gasteiger partial charge in [-0.3, -0.25) is 4.99 Å². The SMILES string of the molecule is CCNC(=NCCN(C)CC)NC1CC(C)(C)Oc2ccccc21. The van der Waals surface area contributed by atoms with Gasteiger partial charge >= 0.3 is 0 Å². The van der Waals surface area contributed by atoms with Crippen LogP contribution in [0.3, 0.4) is 0 Å². The first kappa shape index (κ1) is 18.6. The van der Waals surface area contributed by atoms with Gasteiger partial charge in [0.2, 0.25) is 0 Å². The van der Waals surface area contributed by atoms with E-state index in [9.17, 15) is 0 Å². The van der Waals surface area contributed by atoms with Crippen molar-refractivity contribution in [3.05, 3.63) is 29.8 Å². The summed E-state index contributed by atoms with van der Waals surface area (Å²) in [6.45, 7) is 12.2. The second kappa shape index (κ2) is 8.38. The topological polar surface area (TPSA) is 48.9 Å². The fraction of sp³-hybridized carbons (Fsp3) is 0.632. The monoisotopic (exact) mass is 332 g/mol. The molecule has 1 heterocycles. The van der Waals surface area contributed by atoms with E-state index in [4.69, 9.17) is 9.73 Å². The molecule has 0 saturated carbocycles. The lowest BCUT2D eigenvalue weighted by Crippen LogP contribution is -2.45. The molecule has 5 heteroatoms. The molecule has 1 aromatic rings. The number of hydrogen-bond donors (Lipinski definition) is 2. The number of guanidine groups is 1. The Morgan fingerprint density at radius 3 is 2.79 bits per heavy atom. The lowest BCUT2D eigenvalue weighted by atomic mass is 9.90. The Morgan fingerprint density at radius 1 is 1.33 bits per heavy atom. The van der Waals surface area contributed by atoms with Crippen LogP contribution in [0, 0.1) is 0 Å². The van der Waals surface area contributed by atoms with Gasteiger partial charge in [-0.2, -0.15) is 0 Å². The molecular weight excluding hydrogens is 300 g/mol. The van der Waals surface area contributed by atoms with Crippen LogP contribution in [-0.2, 0) is 0 Å². The highest BCUT2D eigenvalue weighted by Gasteiger charge is 2.33. The minimum Gasteiger partial charge on any atom is -0.487 e. The molecule has 0 amide bonds. The molecule has 0 fully saturated rings. The van der Waals surface area contributed by atoms with Crippen molar-refractivity contribution in [3.63, 3.8) is 0 Å². The van der Waals surface area contributed by atoms with Crippen molar-refractivity contribution in [3.8, 4) is 5.75 Å². The van der Waals surface area contributed by atoms with Crippen molar-refractivity contribution in [1.29, 1.82) is 0 Å². The van der Waals surface area contributed by atoms with Crippen molar-refractivity contribution in [1.82, 2.24) is 15.5 Å². The highest BCUT2D eigenvalue weighted by Crippen LogP contribution is 2.39. The Hall–Kier alpha value is -1.75. The lowest BCUT2D eigenvalue weighted by molar-refractivity contribution is 0.0694. The average Bonchev–Trinajstić information content (AvgIpc) is 2.53. The maximum atomic E-state index is 6.11. The Kier molecular flexibility index (Phi) is 6.49. The number of likely N-dealkylation sites (N-methyl/N-ethyl adjacent to an activating group) is 1. The van der Waals surface area contributed by atoms with E-state index >= 15 is 0 Å². The Morgan fingerprint density at radius 2 is 2.08 bits per heavy atom. The molecule has 1 aliphatic rings. The minimum atomic E-state index is -0.189. The molecule has 0 aromatic heterocycles. The van der Waals surface area contributed by atoms with Crippen LogP contribution in [-0.4, -0.2) is 49.7 Å². The zero-order valence-corrected chi connectivity index (χ0v) is 15.7. The first-order chi connectivity index (χ1) is 11.4. The third-order valence-electron chi connectivity index (χ3n) is 4.32. The molecule has 1 atom stereocenters. The van der Waals surface area contributed by atoms with Gasteiger partial charge in [-0.1, -0.05) is 25.1 Å². The molecule has 1 aliphatic heterocycles. The quantitative estimate of drug-likeness (QED) is 0.621. The molecule has 0 spiro atoms. The van der Waals surface area contributed by atoms with Crippen LogP contribution in [0.15, 0.2) is 29.3 Å². The van der Waals surface area contributed by atoms with E-state index in [1.165, 1.54) is 5.56 Å². The molecule has 1 unspecified atom stereocenters. The zero-order chi connectivity index (χ0) is 17.6. The molecule has 134 valence electrons. The maximum Gasteiger partial charge on any atom is 0.191 e. The van der Waals surface area contributed by atoms with E-state index in [2.05, 4.69) is 62.4 Å². The van der Waals surface area contributed by atoms with Gasteiger partial charge in [0.15, 0.2) is 5.96 Å². The van der Waals surface area contributed by atoms with E-state index in [1.54, 1.807) is 0 Å². The van der Waals surface area contributed by atoms with Crippen LogP contribution in [0.5, 0.6) is 5.75 Å². The summed E-state index contributed by atoms with van der Waals surface area (Å²) in [7, 11) is 2.12. The van der Waals surface area contributed by atoms with Crippen molar-refractivity contribution < 1.29 is 4.74 Å². The molecule has 0 saturated heterocycles. The lowest BCUT2D eigenvalue weighted by Gasteiger charge is -2.38. The molecule has 24 heavy (non-hydrogen) atoms. The minimum absolute atomic E-state index is 0.189. The summed E-state index contributed by atoms with van der Waals surface area (Å²) >= 11 is 0. The van der Waals surface area contributed by atoms with Crippen LogP contribution in [0.2, 0.25) is 0 Å². The third kappa shape index (κ3) is 5.13. The predicted molar refractivity (Wildman–Crippen MR) is 101 cm³/mol. The first-order valence-electron chi connectivity index (χ1n) is 8.96. The summed E-state index contributed by atoms with van der Waals surface area (Å²) in [4.78, 5) is 6.99. The normalized spacial score (nSPS) is 19.6. The molecule has 2 N–H and O–H groups in total. The second-order valence-corrected chi connectivity index (χ2v) is 6.96. The maximum absolute atomic E-state index is 6.11. The molecule has 2 rings (SSSR count). The van der Waals surface area contributed by atoms with Crippen molar-refractivity contribution in [2.24, 2.45) is 4.99 Å². The average molecular weight is 332 g/mol. The number of aliphatic imine (C=N–C) groups is 1. The number of hydrogen-bond acceptors (Lipinski definition) is 3. The highest BCUT2D eigenvalue weighted by molar-refractivity contribution is 5.80. The number of benzene rings is 1. The summed E-state index contributed by atoms with van der Waals surface area (Å²) in [6.07, 6.45) is 0.906. The first-order valence-corrected chi connectivity index (χ1v) is 8.96. The van der Waals surface area contributed by atoms with E-state index in [1.807, 2.05) is 12.1 Å². The van der Waals surface area contributed by atoms with Crippen LogP contribution < -0.4 is 15.4 Å². The Labute approximate surface area is 146 Å². The molecular formula is C19H32N4O. The van der Waals surface area contributed by atoms with Gasteiger partial charge in [0.05, 0.1) is 12.6 Å². The predicted octanol–water partition coefficient (Wildman–Crippen LogP) is 2.80. The molecule has 0 bridgehead atoms. The summed E-state index contributed by atoms with van der Waals surface area (Å²) in [5.74, 6) is 1.84. The number of rotatable bonds is 6. The fourth-order valence-corrected chi connectivity index (χ4v) is 2.91. The van der Waals surface area contributed by atoms with Gasteiger partial charge in [0.25, 0.3) is 0 Å². The molecule has 5 nitrogen and oxygen atoms in total. The highest BCUT2D eigenvalue weighted by atomic mass is 16.5. The third-order valence-corrected chi connectivity index (χ3v) is 4.32. The van der Waals surface area contributed by atoms with E-state index in [-0.39, 0.29) is 11.6 Å². The van der Waals surface area contributed by atoms with Crippen molar-refractivity contribution in [2.75, 3.05) is 33.2 Å². The van der Waals surface area contributed by atoms with Gasteiger partial charge in [-0.25, -0.2) is 0 Å². The van der Waals surface area contributed by atoms with Crippen LogP contribution in [0.4, 0.5) is 0 Å². The van der Waals surface area contributed by atoms with Crippen LogP contribution in [0.1, 0.15) is 45.7 Å². The molecule has 0 aliphatic carbocycles. The molecule has 0 radical (unpaired) electrons. The van der Waals surface area contributed by atoms with E-state index in [0.29, 0.717) is 0 Å². The second-order valence-electron chi connectivity index (χ2n) is 6.96. The zero-order valence-electron chi connectivity index (χ0n) is 15.7. The number of fused-ring (bicyclic) bond motifs is 1. The number of ether oxygens (including phenoxy) is 1. The number of nitrogens with zero attached hydrogens (tertiary/aromatic N) is 2.